The van der Waals surface area contributed by atoms with Crippen molar-refractivity contribution in [1.82, 2.24) is 19.5 Å². The molecule has 0 radical (unpaired) electrons. The molecular formula is C28H18N4O2. The van der Waals surface area contributed by atoms with Crippen LogP contribution in [-0.2, 0) is 0 Å². The van der Waals surface area contributed by atoms with Crippen LogP contribution in [0.4, 0.5) is 0 Å². The van der Waals surface area contributed by atoms with Gasteiger partial charge in [0.25, 0.3) is 5.56 Å². The molecular weight excluding hydrogens is 424 g/mol. The summed E-state index contributed by atoms with van der Waals surface area (Å²) < 4.78 is 1.34. The molecule has 0 fully saturated rings. The number of hydrogen-bond donors (Lipinski definition) is 1. The summed E-state index contributed by atoms with van der Waals surface area (Å²) in [7, 11) is 0. The molecule has 1 N–H and O–H groups in total. The summed E-state index contributed by atoms with van der Waals surface area (Å²) in [6, 6.07) is 26.4. The van der Waals surface area contributed by atoms with Crippen LogP contribution in [0.5, 0.6) is 0 Å². The Kier molecular flexibility index (Phi) is 4.63. The zero-order chi connectivity index (χ0) is 23.1. The molecule has 0 aliphatic heterocycles. The van der Waals surface area contributed by atoms with Gasteiger partial charge in [-0.2, -0.15) is 0 Å². The van der Waals surface area contributed by atoms with Gasteiger partial charge < -0.3 is 4.98 Å². The third kappa shape index (κ3) is 3.29. The highest BCUT2D eigenvalue weighted by Gasteiger charge is 2.16. The summed E-state index contributed by atoms with van der Waals surface area (Å²) in [5.41, 5.74) is 4.52. The van der Waals surface area contributed by atoms with E-state index in [2.05, 4.69) is 16.0 Å². The maximum atomic E-state index is 13.5. The molecule has 6 heteroatoms. The Balaban J connectivity index is 1.66. The maximum Gasteiger partial charge on any atom is 0.255 e. The smallest absolute Gasteiger partial charge is 0.255 e. The standard InChI is InChI=1S/C28H18N4O2/c33-25-10-4-5-14-32(25)24-17-30-28-22(27(24)34)16-21(26(31-28)18-7-2-1-3-8-18)19-11-12-23-20(15-19)9-6-13-29-23/h1-17H,(H,30,31,34). The largest absolute Gasteiger partial charge is 0.344 e. The van der Waals surface area contributed by atoms with Gasteiger partial charge in [-0.05, 0) is 35.9 Å². The monoisotopic (exact) mass is 442 g/mol. The molecule has 4 heterocycles. The molecule has 34 heavy (non-hydrogen) atoms. The van der Waals surface area contributed by atoms with Crippen LogP contribution >= 0.6 is 0 Å². The number of rotatable bonds is 3. The first-order chi connectivity index (χ1) is 16.7. The molecule has 0 unspecified atom stereocenters. The van der Waals surface area contributed by atoms with Crippen molar-refractivity contribution in [3.63, 3.8) is 0 Å². The van der Waals surface area contributed by atoms with Crippen molar-refractivity contribution in [2.45, 2.75) is 0 Å². The van der Waals surface area contributed by atoms with Crippen molar-refractivity contribution in [2.24, 2.45) is 0 Å². The maximum absolute atomic E-state index is 13.5. The molecule has 6 rings (SSSR count). The average molecular weight is 442 g/mol. The predicted octanol–water partition coefficient (Wildman–Crippen LogP) is 4.96. The molecule has 0 aliphatic carbocycles. The molecule has 0 atom stereocenters. The number of nitrogens with one attached hydrogen (secondary N) is 1. The van der Waals surface area contributed by atoms with Gasteiger partial charge >= 0.3 is 0 Å². The topological polar surface area (TPSA) is 80.6 Å². The highest BCUT2D eigenvalue weighted by Crippen LogP contribution is 2.33. The Bertz CT molecular complexity index is 1800. The summed E-state index contributed by atoms with van der Waals surface area (Å²) in [5.74, 6) is 0. The summed E-state index contributed by atoms with van der Waals surface area (Å²) in [5, 5.41) is 1.41. The summed E-state index contributed by atoms with van der Waals surface area (Å²) in [6.45, 7) is 0. The number of benzene rings is 2. The van der Waals surface area contributed by atoms with Gasteiger partial charge in [-0.25, -0.2) is 4.98 Å². The van der Waals surface area contributed by atoms with E-state index >= 15 is 0 Å². The lowest BCUT2D eigenvalue weighted by molar-refractivity contribution is 0.972. The second-order valence-corrected chi connectivity index (χ2v) is 7.97. The molecule has 6 nitrogen and oxygen atoms in total. The summed E-state index contributed by atoms with van der Waals surface area (Å²) in [4.78, 5) is 38.2. The van der Waals surface area contributed by atoms with Gasteiger partial charge in [0.15, 0.2) is 0 Å². The van der Waals surface area contributed by atoms with Crippen molar-refractivity contribution in [2.75, 3.05) is 0 Å². The Morgan fingerprint density at radius 3 is 2.50 bits per heavy atom. The van der Waals surface area contributed by atoms with E-state index in [-0.39, 0.29) is 16.7 Å². The molecule has 0 aliphatic rings. The van der Waals surface area contributed by atoms with Crippen LogP contribution in [0.3, 0.4) is 0 Å². The first-order valence-electron chi connectivity index (χ1n) is 10.8. The van der Waals surface area contributed by atoms with E-state index in [1.54, 1.807) is 24.5 Å². The van der Waals surface area contributed by atoms with Gasteiger partial charge in [-0.15, -0.1) is 0 Å². The van der Waals surface area contributed by atoms with Gasteiger partial charge in [0.1, 0.15) is 11.3 Å². The van der Waals surface area contributed by atoms with E-state index in [4.69, 9.17) is 4.98 Å². The molecule has 0 amide bonds. The van der Waals surface area contributed by atoms with Crippen molar-refractivity contribution in [3.05, 3.63) is 124 Å². The first-order valence-corrected chi connectivity index (χ1v) is 10.8. The Labute approximate surface area is 193 Å². The third-order valence-electron chi connectivity index (χ3n) is 5.89. The number of H-pyrrole nitrogens is 1. The molecule has 0 spiro atoms. The second-order valence-electron chi connectivity index (χ2n) is 7.97. The fraction of sp³-hybridized carbons (Fsp3) is 0. The lowest BCUT2D eigenvalue weighted by Crippen LogP contribution is -2.23. The first kappa shape index (κ1) is 19.8. The number of pyridine rings is 4. The van der Waals surface area contributed by atoms with E-state index in [0.717, 1.165) is 33.3 Å². The lowest BCUT2D eigenvalue weighted by atomic mass is 9.97. The van der Waals surface area contributed by atoms with Gasteiger partial charge in [-0.3, -0.25) is 19.1 Å². The van der Waals surface area contributed by atoms with Crippen LogP contribution in [0.25, 0.3) is 50.0 Å². The number of hydrogen-bond acceptors (Lipinski definition) is 4. The molecule has 0 saturated carbocycles. The van der Waals surface area contributed by atoms with Crippen molar-refractivity contribution >= 4 is 21.9 Å². The number of aromatic nitrogens is 4. The lowest BCUT2D eigenvalue weighted by Gasteiger charge is -2.13. The molecule has 2 aromatic carbocycles. The van der Waals surface area contributed by atoms with E-state index in [1.807, 2.05) is 60.7 Å². The van der Waals surface area contributed by atoms with Crippen LogP contribution < -0.4 is 11.0 Å². The minimum atomic E-state index is -0.275. The number of fused-ring (bicyclic) bond motifs is 2. The van der Waals surface area contributed by atoms with Crippen LogP contribution in [-0.4, -0.2) is 19.5 Å². The van der Waals surface area contributed by atoms with E-state index in [0.29, 0.717) is 11.0 Å². The highest BCUT2D eigenvalue weighted by molar-refractivity contribution is 5.93. The quantitative estimate of drug-likeness (QED) is 0.420. The Morgan fingerprint density at radius 2 is 1.65 bits per heavy atom. The van der Waals surface area contributed by atoms with Gasteiger partial charge in [0, 0.05) is 41.2 Å². The molecule has 6 aromatic rings. The van der Waals surface area contributed by atoms with Crippen LogP contribution in [0.2, 0.25) is 0 Å². The summed E-state index contributed by atoms with van der Waals surface area (Å²) >= 11 is 0. The van der Waals surface area contributed by atoms with E-state index < -0.39 is 0 Å². The van der Waals surface area contributed by atoms with Crippen LogP contribution in [0.1, 0.15) is 0 Å². The molecule has 0 saturated heterocycles. The minimum Gasteiger partial charge on any atom is -0.344 e. The highest BCUT2D eigenvalue weighted by atomic mass is 16.1. The Morgan fingerprint density at radius 1 is 0.794 bits per heavy atom. The van der Waals surface area contributed by atoms with Crippen LogP contribution in [0.15, 0.2) is 113 Å². The van der Waals surface area contributed by atoms with E-state index in [9.17, 15) is 9.59 Å². The average Bonchev–Trinajstić information content (AvgIpc) is 2.89. The SMILES string of the molecule is O=c1c(-n2ccccc2=O)c[nH]c2nc(-c3ccccc3)c(-c3ccc4ncccc4c3)cc12. The molecule has 162 valence electrons. The number of aromatic amines is 1. The normalized spacial score (nSPS) is 11.2. The number of nitrogens with zero attached hydrogens (tertiary/aromatic N) is 3. The fourth-order valence-corrected chi connectivity index (χ4v) is 4.22. The third-order valence-corrected chi connectivity index (χ3v) is 5.89. The van der Waals surface area contributed by atoms with E-state index in [1.165, 1.54) is 16.8 Å². The second kappa shape index (κ2) is 7.94. The minimum absolute atomic E-state index is 0.251. The predicted molar refractivity (Wildman–Crippen MR) is 134 cm³/mol. The van der Waals surface area contributed by atoms with Crippen molar-refractivity contribution in [1.29, 1.82) is 0 Å². The summed E-state index contributed by atoms with van der Waals surface area (Å²) in [6.07, 6.45) is 4.89. The van der Waals surface area contributed by atoms with Crippen molar-refractivity contribution < 1.29 is 0 Å². The molecule has 4 aromatic heterocycles. The van der Waals surface area contributed by atoms with Crippen molar-refractivity contribution in [3.8, 4) is 28.1 Å². The molecule has 0 bridgehead atoms. The van der Waals surface area contributed by atoms with Gasteiger partial charge in [0.2, 0.25) is 5.43 Å². The Hall–Kier alpha value is -4.84. The zero-order valence-electron chi connectivity index (χ0n) is 18.0. The van der Waals surface area contributed by atoms with Gasteiger partial charge in [-0.1, -0.05) is 48.5 Å². The fourth-order valence-electron chi connectivity index (χ4n) is 4.22. The zero-order valence-corrected chi connectivity index (χ0v) is 18.0. The van der Waals surface area contributed by atoms with Gasteiger partial charge in [0.05, 0.1) is 16.6 Å². The van der Waals surface area contributed by atoms with Crippen LogP contribution in [0, 0.1) is 0 Å².